The van der Waals surface area contributed by atoms with Crippen molar-refractivity contribution < 1.29 is 0 Å². The summed E-state index contributed by atoms with van der Waals surface area (Å²) in [4.78, 5) is 0. The minimum atomic E-state index is -0.0181. The van der Waals surface area contributed by atoms with E-state index in [1.165, 1.54) is 126 Å². The van der Waals surface area contributed by atoms with E-state index >= 15 is 0 Å². The molecular weight excluding hydrogens is 745 g/mol. The molecule has 0 aromatic heterocycles. The minimum absolute atomic E-state index is 0.0181. The van der Waals surface area contributed by atoms with Gasteiger partial charge in [0.25, 0.3) is 0 Å². The topological polar surface area (TPSA) is 0 Å². The lowest BCUT2D eigenvalue weighted by Gasteiger charge is -2.29. The molecule has 0 atom stereocenters. The predicted molar refractivity (Wildman–Crippen MR) is 274 cm³/mol. The number of hydrogen-bond donors (Lipinski definition) is 0. The molecule has 0 heterocycles. The molecule has 9 aromatic carbocycles. The van der Waals surface area contributed by atoms with Crippen LogP contribution in [0.5, 0.6) is 0 Å². The van der Waals surface area contributed by atoms with Crippen LogP contribution in [0.2, 0.25) is 0 Å². The van der Waals surface area contributed by atoms with Crippen molar-refractivity contribution in [3.63, 3.8) is 0 Å². The molecule has 0 nitrogen and oxygen atoms in total. The average Bonchev–Trinajstić information content (AvgIpc) is 3.52. The molecule has 0 bridgehead atoms. The van der Waals surface area contributed by atoms with Crippen LogP contribution in [-0.2, 0) is 27.1 Å². The molecular formula is C62H64. The van der Waals surface area contributed by atoms with Gasteiger partial charge < -0.3 is 0 Å². The highest BCUT2D eigenvalue weighted by molar-refractivity contribution is 6.39. The van der Waals surface area contributed by atoms with Gasteiger partial charge in [-0.3, -0.25) is 0 Å². The number of fused-ring (bicyclic) bond motifs is 6. The van der Waals surface area contributed by atoms with E-state index in [9.17, 15) is 0 Å². The molecule has 0 fully saturated rings. The van der Waals surface area contributed by atoms with Crippen molar-refractivity contribution in [1.82, 2.24) is 0 Å². The van der Waals surface area contributed by atoms with E-state index in [-0.39, 0.29) is 27.1 Å². The fraction of sp³-hybridized carbons (Fsp3) is 0.323. The maximum Gasteiger partial charge on any atom is -0.000740 e. The van der Waals surface area contributed by atoms with E-state index in [4.69, 9.17) is 0 Å². The molecule has 10 rings (SSSR count). The fourth-order valence-corrected chi connectivity index (χ4v) is 10.5. The summed E-state index contributed by atoms with van der Waals surface area (Å²) in [7, 11) is 0. The zero-order valence-corrected chi connectivity index (χ0v) is 40.0. The van der Waals surface area contributed by atoms with Gasteiger partial charge in [-0.15, -0.1) is 0 Å². The summed E-state index contributed by atoms with van der Waals surface area (Å²) in [5.74, 6) is 0. The molecule has 312 valence electrons. The molecule has 0 amide bonds. The van der Waals surface area contributed by atoms with Crippen molar-refractivity contribution in [3.8, 4) is 44.5 Å². The Morgan fingerprint density at radius 3 is 1.05 bits per heavy atom. The Labute approximate surface area is 370 Å². The van der Waals surface area contributed by atoms with Crippen LogP contribution in [0.4, 0.5) is 0 Å². The van der Waals surface area contributed by atoms with Crippen LogP contribution in [0.3, 0.4) is 0 Å². The standard InChI is InChI=1S/C62H64/c1-58(2,3)38-28-36(29-39(32-38)59(4,5)6)52-44-20-16-17-21-45(44)53(37-30-40(60(7,8)9)33-41(31-37)61(10,11)12)57-49-26-24-47-50-34-42(62(13,14)15)27-35-19-18-22-43(51(35)50)46-23-25-48(56(52)57)55(49)54(46)47/h16-34H,1-15H3. The first-order valence-corrected chi connectivity index (χ1v) is 23.0. The van der Waals surface area contributed by atoms with E-state index in [1.54, 1.807) is 0 Å². The molecule has 0 N–H and O–H groups in total. The van der Waals surface area contributed by atoms with E-state index in [0.29, 0.717) is 0 Å². The van der Waals surface area contributed by atoms with Gasteiger partial charge in [0.15, 0.2) is 0 Å². The number of rotatable bonds is 2. The molecule has 1 aliphatic rings. The Hall–Kier alpha value is -5.46. The molecule has 1 aliphatic carbocycles. The second-order valence-corrected chi connectivity index (χ2v) is 23.9. The average molecular weight is 809 g/mol. The molecule has 0 unspecified atom stereocenters. The monoisotopic (exact) mass is 809 g/mol. The predicted octanol–water partition coefficient (Wildman–Crippen LogP) is 18.4. The smallest absolute Gasteiger partial charge is 0.000740 e. The molecule has 0 spiro atoms. The van der Waals surface area contributed by atoms with Gasteiger partial charge in [-0.25, -0.2) is 0 Å². The SMILES string of the molecule is CC(C)(C)c1cc(-c2c3c(c(-c4cc(C(C)(C)C)cc(C(C)(C)C)c4)c4ccccc24)-c2ccc4c5cc(C(C)(C)C)cc6cccc(c7ccc-3c2c74)c65)cc(C(C)(C)C)c1. The Morgan fingerprint density at radius 1 is 0.258 bits per heavy atom. The molecule has 62 heavy (non-hydrogen) atoms. The lowest BCUT2D eigenvalue weighted by molar-refractivity contribution is 0.568. The molecule has 0 saturated carbocycles. The van der Waals surface area contributed by atoms with Crippen LogP contribution < -0.4 is 0 Å². The van der Waals surface area contributed by atoms with Crippen LogP contribution in [0.15, 0.2) is 115 Å². The summed E-state index contributed by atoms with van der Waals surface area (Å²) < 4.78 is 0. The third kappa shape index (κ3) is 6.14. The van der Waals surface area contributed by atoms with Gasteiger partial charge in [-0.05, 0) is 159 Å². The largest absolute Gasteiger partial charge is 0.0616 e. The third-order valence-electron chi connectivity index (χ3n) is 14.2. The van der Waals surface area contributed by atoms with Crippen LogP contribution >= 0.6 is 0 Å². The van der Waals surface area contributed by atoms with Gasteiger partial charge in [0.2, 0.25) is 0 Å². The second-order valence-electron chi connectivity index (χ2n) is 23.9. The summed E-state index contributed by atoms with van der Waals surface area (Å²) in [5, 5.41) is 13.5. The van der Waals surface area contributed by atoms with E-state index in [2.05, 4.69) is 219 Å². The van der Waals surface area contributed by atoms with Crippen molar-refractivity contribution in [3.05, 3.63) is 143 Å². The lowest BCUT2D eigenvalue weighted by atomic mass is 9.75. The summed E-state index contributed by atoms with van der Waals surface area (Å²) in [6, 6.07) is 46.1. The van der Waals surface area contributed by atoms with Crippen LogP contribution in [0, 0.1) is 0 Å². The number of benzene rings is 9. The summed E-state index contributed by atoms with van der Waals surface area (Å²) in [6.07, 6.45) is 0. The molecule has 0 radical (unpaired) electrons. The van der Waals surface area contributed by atoms with Gasteiger partial charge >= 0.3 is 0 Å². The highest BCUT2D eigenvalue weighted by Crippen LogP contribution is 2.60. The van der Waals surface area contributed by atoms with E-state index < -0.39 is 0 Å². The zero-order chi connectivity index (χ0) is 44.2. The van der Waals surface area contributed by atoms with Gasteiger partial charge in [-0.1, -0.05) is 213 Å². The Kier molecular flexibility index (Phi) is 8.54. The zero-order valence-electron chi connectivity index (χ0n) is 40.0. The maximum absolute atomic E-state index is 2.52. The van der Waals surface area contributed by atoms with Crippen LogP contribution in [0.25, 0.3) is 98.4 Å². The van der Waals surface area contributed by atoms with E-state index in [0.717, 1.165) is 0 Å². The summed E-state index contributed by atoms with van der Waals surface area (Å²) >= 11 is 0. The summed E-state index contributed by atoms with van der Waals surface area (Å²) in [5.41, 5.74) is 17.6. The van der Waals surface area contributed by atoms with Gasteiger partial charge in [0, 0.05) is 0 Å². The molecule has 9 aromatic rings. The lowest BCUT2D eigenvalue weighted by Crippen LogP contribution is -2.17. The van der Waals surface area contributed by atoms with Crippen molar-refractivity contribution in [1.29, 1.82) is 0 Å². The molecule has 0 saturated heterocycles. The highest BCUT2D eigenvalue weighted by atomic mass is 14.4. The van der Waals surface area contributed by atoms with Crippen molar-refractivity contribution in [2.75, 3.05) is 0 Å². The van der Waals surface area contributed by atoms with Crippen LogP contribution in [0.1, 0.15) is 132 Å². The minimum Gasteiger partial charge on any atom is -0.0616 e. The van der Waals surface area contributed by atoms with E-state index in [1.807, 2.05) is 0 Å². The van der Waals surface area contributed by atoms with Gasteiger partial charge in [0.1, 0.15) is 0 Å². The van der Waals surface area contributed by atoms with Crippen molar-refractivity contribution in [2.24, 2.45) is 0 Å². The molecule has 0 aliphatic heterocycles. The Morgan fingerprint density at radius 2 is 0.629 bits per heavy atom. The Bertz CT molecular complexity index is 3140. The molecule has 0 heteroatoms. The van der Waals surface area contributed by atoms with Gasteiger partial charge in [-0.2, -0.15) is 0 Å². The number of hydrogen-bond acceptors (Lipinski definition) is 0. The Balaban J connectivity index is 1.44. The first kappa shape index (κ1) is 40.6. The first-order valence-electron chi connectivity index (χ1n) is 23.0. The second kappa shape index (κ2) is 13.0. The van der Waals surface area contributed by atoms with Crippen LogP contribution in [-0.4, -0.2) is 0 Å². The van der Waals surface area contributed by atoms with Crippen molar-refractivity contribution in [2.45, 2.75) is 131 Å². The first-order chi connectivity index (χ1) is 28.9. The highest BCUT2D eigenvalue weighted by Gasteiger charge is 2.34. The fourth-order valence-electron chi connectivity index (χ4n) is 10.5. The normalized spacial score (nSPS) is 13.7. The van der Waals surface area contributed by atoms with Crippen molar-refractivity contribution >= 4 is 53.9 Å². The summed E-state index contributed by atoms with van der Waals surface area (Å²) in [6.45, 7) is 35.4. The third-order valence-corrected chi connectivity index (χ3v) is 14.2. The quantitative estimate of drug-likeness (QED) is 0.121. The maximum atomic E-state index is 2.52. The van der Waals surface area contributed by atoms with Gasteiger partial charge in [0.05, 0.1) is 0 Å².